The zero-order valence-corrected chi connectivity index (χ0v) is 11.5. The first-order chi connectivity index (χ1) is 9.67. The van der Waals surface area contributed by atoms with Gasteiger partial charge in [-0.1, -0.05) is 36.9 Å². The maximum Gasteiger partial charge on any atom is 0.336 e. The van der Waals surface area contributed by atoms with Gasteiger partial charge in [-0.2, -0.15) is 0 Å². The Morgan fingerprint density at radius 1 is 1.40 bits per heavy atom. The van der Waals surface area contributed by atoms with Crippen molar-refractivity contribution in [3.05, 3.63) is 48.0 Å². The predicted octanol–water partition coefficient (Wildman–Crippen LogP) is 2.40. The van der Waals surface area contributed by atoms with Crippen molar-refractivity contribution in [1.82, 2.24) is 0 Å². The van der Waals surface area contributed by atoms with Crippen LogP contribution >= 0.6 is 0 Å². The largest absolute Gasteiger partial charge is 0.466 e. The van der Waals surface area contributed by atoms with Crippen molar-refractivity contribution >= 4 is 5.97 Å². The first-order valence-electron chi connectivity index (χ1n) is 6.79. The minimum atomic E-state index is -0.729. The summed E-state index contributed by atoms with van der Waals surface area (Å²) < 4.78 is 16.8. The lowest BCUT2D eigenvalue weighted by Crippen LogP contribution is -2.40. The van der Waals surface area contributed by atoms with Gasteiger partial charge < -0.3 is 14.2 Å². The molecule has 2 fully saturated rings. The number of esters is 1. The van der Waals surface area contributed by atoms with Gasteiger partial charge in [0.15, 0.2) is 0 Å². The number of benzene rings is 1. The molecule has 0 saturated carbocycles. The van der Waals surface area contributed by atoms with Crippen LogP contribution in [0.1, 0.15) is 24.5 Å². The van der Waals surface area contributed by atoms with E-state index < -0.39 is 11.6 Å². The van der Waals surface area contributed by atoms with Crippen LogP contribution in [0.5, 0.6) is 0 Å². The van der Waals surface area contributed by atoms with Gasteiger partial charge in [0.05, 0.1) is 31.5 Å². The van der Waals surface area contributed by atoms with Crippen molar-refractivity contribution in [2.75, 3.05) is 13.7 Å². The lowest BCUT2D eigenvalue weighted by Gasteiger charge is -2.27. The van der Waals surface area contributed by atoms with Crippen LogP contribution in [-0.2, 0) is 19.0 Å². The molecule has 20 heavy (non-hydrogen) atoms. The molecule has 1 aromatic carbocycles. The molecule has 3 atom stereocenters. The molecule has 0 bridgehead atoms. The number of hydrogen-bond donors (Lipinski definition) is 0. The maximum absolute atomic E-state index is 11.8. The molecule has 4 heteroatoms. The highest BCUT2D eigenvalue weighted by atomic mass is 16.6. The third-order valence-electron chi connectivity index (χ3n) is 4.19. The molecule has 2 aliphatic rings. The van der Waals surface area contributed by atoms with Gasteiger partial charge in [0.25, 0.3) is 0 Å². The Bertz CT molecular complexity index is 525. The molecule has 4 nitrogen and oxygen atoms in total. The van der Waals surface area contributed by atoms with Crippen molar-refractivity contribution < 1.29 is 19.0 Å². The number of carbonyl (C=O) groups excluding carboxylic acids is 1. The van der Waals surface area contributed by atoms with Crippen LogP contribution in [0.2, 0.25) is 0 Å². The van der Waals surface area contributed by atoms with Crippen molar-refractivity contribution in [3.63, 3.8) is 0 Å². The molecule has 2 saturated heterocycles. The lowest BCUT2D eigenvalue weighted by molar-refractivity contribution is -0.139. The number of carbonyl (C=O) groups is 1. The van der Waals surface area contributed by atoms with E-state index in [1.807, 2.05) is 30.3 Å². The minimum Gasteiger partial charge on any atom is -0.466 e. The van der Waals surface area contributed by atoms with Gasteiger partial charge in [0, 0.05) is 12.8 Å². The molecule has 0 amide bonds. The van der Waals surface area contributed by atoms with Gasteiger partial charge in [-0.05, 0) is 5.56 Å². The van der Waals surface area contributed by atoms with Crippen LogP contribution in [0, 0.1) is 0 Å². The minimum absolute atomic E-state index is 0.0668. The maximum atomic E-state index is 11.8. The van der Waals surface area contributed by atoms with Crippen molar-refractivity contribution in [2.45, 2.75) is 30.7 Å². The van der Waals surface area contributed by atoms with Gasteiger partial charge >= 0.3 is 5.97 Å². The Hall–Kier alpha value is -1.65. The Morgan fingerprint density at radius 3 is 2.85 bits per heavy atom. The van der Waals surface area contributed by atoms with Gasteiger partial charge in [-0.15, -0.1) is 0 Å². The van der Waals surface area contributed by atoms with Gasteiger partial charge in [-0.25, -0.2) is 4.79 Å². The van der Waals surface area contributed by atoms with E-state index >= 15 is 0 Å². The summed E-state index contributed by atoms with van der Waals surface area (Å²) in [5.41, 5.74) is 0.733. The number of methoxy groups -OCH3 is 1. The van der Waals surface area contributed by atoms with Crippen molar-refractivity contribution in [2.24, 2.45) is 0 Å². The zero-order valence-electron chi connectivity index (χ0n) is 11.5. The smallest absolute Gasteiger partial charge is 0.336 e. The van der Waals surface area contributed by atoms with Gasteiger partial charge in [-0.3, -0.25) is 0 Å². The van der Waals surface area contributed by atoms with Crippen molar-refractivity contribution in [1.29, 1.82) is 0 Å². The third-order valence-corrected chi connectivity index (χ3v) is 4.19. The quantitative estimate of drug-likeness (QED) is 0.627. The summed E-state index contributed by atoms with van der Waals surface area (Å²) in [4.78, 5) is 11.8. The molecule has 0 radical (unpaired) electrons. The van der Waals surface area contributed by atoms with Crippen LogP contribution in [0.4, 0.5) is 0 Å². The molecule has 3 rings (SSSR count). The third kappa shape index (κ3) is 1.96. The van der Waals surface area contributed by atoms with E-state index in [2.05, 4.69) is 6.58 Å². The average Bonchev–Trinajstić information content (AvgIpc) is 3.04. The lowest BCUT2D eigenvalue weighted by atomic mass is 9.85. The van der Waals surface area contributed by atoms with Crippen molar-refractivity contribution in [3.8, 4) is 0 Å². The molecule has 1 aromatic rings. The summed E-state index contributed by atoms with van der Waals surface area (Å²) in [6, 6.07) is 9.99. The number of ether oxygens (including phenoxy) is 3. The summed E-state index contributed by atoms with van der Waals surface area (Å²) in [7, 11) is 1.36. The zero-order chi connectivity index (χ0) is 14.2. The van der Waals surface area contributed by atoms with Crippen LogP contribution in [-0.4, -0.2) is 31.4 Å². The highest BCUT2D eigenvalue weighted by Crippen LogP contribution is 2.50. The number of hydrogen-bond acceptors (Lipinski definition) is 4. The molecule has 2 aliphatic heterocycles. The fourth-order valence-electron chi connectivity index (χ4n) is 3.13. The molecule has 2 heterocycles. The van der Waals surface area contributed by atoms with E-state index in [4.69, 9.17) is 14.2 Å². The fraction of sp³-hybridized carbons (Fsp3) is 0.438. The molecule has 0 N–H and O–H groups in total. The molecular formula is C16H18O4. The standard InChI is InChI=1S/C16H18O4/c1-11(15(17)18-2)16-10-13(12-6-4-3-5-7-12)20-14(16)8-9-19-16/h3-7,13-14H,1,8-10H2,2H3/t13?,14?,16-/m0/s1. The van der Waals surface area contributed by atoms with E-state index in [0.717, 1.165) is 12.0 Å². The average molecular weight is 274 g/mol. The highest BCUT2D eigenvalue weighted by Gasteiger charge is 2.56. The molecule has 0 aromatic heterocycles. The second kappa shape index (κ2) is 5.04. The fourth-order valence-corrected chi connectivity index (χ4v) is 3.13. The highest BCUT2D eigenvalue weighted by molar-refractivity contribution is 5.90. The number of fused-ring (bicyclic) bond motifs is 1. The van der Waals surface area contributed by atoms with E-state index in [1.54, 1.807) is 0 Å². The van der Waals surface area contributed by atoms with E-state index in [-0.39, 0.29) is 12.2 Å². The van der Waals surface area contributed by atoms with Crippen LogP contribution in [0.25, 0.3) is 0 Å². The Morgan fingerprint density at radius 2 is 2.15 bits per heavy atom. The Kier molecular flexibility index (Phi) is 3.36. The molecule has 2 unspecified atom stereocenters. The molecule has 0 spiro atoms. The van der Waals surface area contributed by atoms with Crippen LogP contribution in [0.3, 0.4) is 0 Å². The van der Waals surface area contributed by atoms with E-state index in [9.17, 15) is 4.79 Å². The van der Waals surface area contributed by atoms with E-state index in [1.165, 1.54) is 7.11 Å². The van der Waals surface area contributed by atoms with Gasteiger partial charge in [0.1, 0.15) is 5.60 Å². The first kappa shape index (κ1) is 13.3. The SMILES string of the molecule is C=C(C(=O)OC)[C@@]12CC(c3ccccc3)OC1CCO2. The topological polar surface area (TPSA) is 44.8 Å². The monoisotopic (exact) mass is 274 g/mol. The summed E-state index contributed by atoms with van der Waals surface area (Å²) in [6.07, 6.45) is 1.19. The normalized spacial score (nSPS) is 31.9. The Balaban J connectivity index is 1.88. The molecular weight excluding hydrogens is 256 g/mol. The molecule has 106 valence electrons. The Labute approximate surface area is 118 Å². The summed E-state index contributed by atoms with van der Waals surface area (Å²) in [5, 5.41) is 0. The van der Waals surface area contributed by atoms with Crippen LogP contribution in [0.15, 0.2) is 42.5 Å². The molecule has 0 aliphatic carbocycles. The second-order valence-electron chi connectivity index (χ2n) is 5.22. The first-order valence-corrected chi connectivity index (χ1v) is 6.79. The number of rotatable bonds is 3. The second-order valence-corrected chi connectivity index (χ2v) is 5.22. The summed E-state index contributed by atoms with van der Waals surface area (Å²) in [6.45, 7) is 4.47. The predicted molar refractivity (Wildman–Crippen MR) is 73.1 cm³/mol. The summed E-state index contributed by atoms with van der Waals surface area (Å²) in [5.74, 6) is -0.422. The van der Waals surface area contributed by atoms with Crippen LogP contribution < -0.4 is 0 Å². The summed E-state index contributed by atoms with van der Waals surface area (Å²) >= 11 is 0. The van der Waals surface area contributed by atoms with E-state index in [0.29, 0.717) is 18.6 Å². The van der Waals surface area contributed by atoms with Gasteiger partial charge in [0.2, 0.25) is 0 Å².